The molecule has 2 aliphatic rings. The van der Waals surface area contributed by atoms with Crippen molar-refractivity contribution in [2.75, 3.05) is 13.1 Å². The van der Waals surface area contributed by atoms with E-state index in [4.69, 9.17) is 0 Å². The standard InChI is InChI=1S/C6H6N4O2S2/c11-3-1-7-5(9-3)13-14-6-8-2-4(12)10-6/h1-2H2,(H,7,9,11)(H,8,10,12). The van der Waals surface area contributed by atoms with Gasteiger partial charge in [-0.1, -0.05) is 0 Å². The molecule has 0 radical (unpaired) electrons. The maximum absolute atomic E-state index is 10.7. The van der Waals surface area contributed by atoms with Gasteiger partial charge < -0.3 is 10.6 Å². The van der Waals surface area contributed by atoms with Gasteiger partial charge in [0.2, 0.25) is 0 Å². The molecule has 0 aromatic rings. The van der Waals surface area contributed by atoms with Crippen molar-refractivity contribution < 1.29 is 9.59 Å². The summed E-state index contributed by atoms with van der Waals surface area (Å²) in [6.07, 6.45) is 0. The SMILES string of the molecule is O=C1CNC(SSC2=NC(=O)CN2)=N1. The monoisotopic (exact) mass is 230 g/mol. The van der Waals surface area contributed by atoms with Crippen molar-refractivity contribution >= 4 is 43.7 Å². The van der Waals surface area contributed by atoms with Crippen molar-refractivity contribution in [3.05, 3.63) is 0 Å². The number of aliphatic imine (C=N–C) groups is 2. The summed E-state index contributed by atoms with van der Waals surface area (Å²) in [5, 5.41) is 6.75. The third-order valence-corrected chi connectivity index (χ3v) is 3.50. The predicted octanol–water partition coefficient (Wildman–Crippen LogP) is -0.661. The molecule has 0 aromatic heterocycles. The first-order valence-corrected chi connectivity index (χ1v) is 5.94. The Balaban J connectivity index is 1.83. The normalized spacial score (nSPS) is 20.3. The highest BCUT2D eigenvalue weighted by Crippen LogP contribution is 2.25. The van der Waals surface area contributed by atoms with Gasteiger partial charge in [-0.15, -0.1) is 0 Å². The van der Waals surface area contributed by atoms with Gasteiger partial charge in [-0.2, -0.15) is 9.98 Å². The maximum atomic E-state index is 10.7. The maximum Gasteiger partial charge on any atom is 0.267 e. The van der Waals surface area contributed by atoms with Crippen LogP contribution in [-0.2, 0) is 9.59 Å². The van der Waals surface area contributed by atoms with Crippen molar-refractivity contribution in [2.45, 2.75) is 0 Å². The van der Waals surface area contributed by atoms with E-state index in [2.05, 4.69) is 20.6 Å². The lowest BCUT2D eigenvalue weighted by atomic mass is 10.7. The summed E-state index contributed by atoms with van der Waals surface area (Å²) < 4.78 is 0. The Bertz CT molecular complexity index is 318. The number of nitrogens with zero attached hydrogens (tertiary/aromatic N) is 2. The Labute approximate surface area is 87.4 Å². The lowest BCUT2D eigenvalue weighted by molar-refractivity contribution is -0.116. The Hall–Kier alpha value is -1.02. The van der Waals surface area contributed by atoms with Crippen LogP contribution in [0.15, 0.2) is 9.98 Å². The zero-order valence-electron chi connectivity index (χ0n) is 6.94. The molecule has 2 N–H and O–H groups in total. The number of amides is 2. The van der Waals surface area contributed by atoms with Gasteiger partial charge in [-0.05, 0) is 21.6 Å². The van der Waals surface area contributed by atoms with Crippen LogP contribution in [0.2, 0.25) is 0 Å². The van der Waals surface area contributed by atoms with Crippen molar-refractivity contribution in [2.24, 2.45) is 9.98 Å². The molecule has 0 aromatic carbocycles. The van der Waals surface area contributed by atoms with E-state index in [1.807, 2.05) is 0 Å². The molecule has 2 rings (SSSR count). The zero-order chi connectivity index (χ0) is 9.97. The van der Waals surface area contributed by atoms with E-state index in [0.717, 1.165) is 0 Å². The van der Waals surface area contributed by atoms with Crippen LogP contribution in [0.25, 0.3) is 0 Å². The first-order valence-electron chi connectivity index (χ1n) is 3.79. The average molecular weight is 230 g/mol. The quantitative estimate of drug-likeness (QED) is 0.538. The van der Waals surface area contributed by atoms with Crippen LogP contribution in [-0.4, -0.2) is 35.2 Å². The topological polar surface area (TPSA) is 82.9 Å². The minimum Gasteiger partial charge on any atom is -0.355 e. The molecule has 0 saturated carbocycles. The third kappa shape index (κ3) is 2.26. The lowest BCUT2D eigenvalue weighted by Gasteiger charge is -1.99. The Kier molecular flexibility index (Phi) is 2.73. The van der Waals surface area contributed by atoms with Crippen LogP contribution in [0, 0.1) is 0 Å². The molecule has 0 fully saturated rings. The van der Waals surface area contributed by atoms with Gasteiger partial charge in [0.25, 0.3) is 11.8 Å². The highest BCUT2D eigenvalue weighted by atomic mass is 33.1. The highest BCUT2D eigenvalue weighted by Gasteiger charge is 2.17. The minimum atomic E-state index is -0.175. The van der Waals surface area contributed by atoms with E-state index in [9.17, 15) is 9.59 Å². The molecule has 14 heavy (non-hydrogen) atoms. The van der Waals surface area contributed by atoms with Gasteiger partial charge in [0.15, 0.2) is 10.3 Å². The van der Waals surface area contributed by atoms with Crippen LogP contribution in [0.5, 0.6) is 0 Å². The second-order valence-electron chi connectivity index (χ2n) is 2.50. The van der Waals surface area contributed by atoms with Crippen LogP contribution >= 0.6 is 21.6 Å². The first-order chi connectivity index (χ1) is 6.74. The van der Waals surface area contributed by atoms with Gasteiger partial charge in [-0.25, -0.2) is 0 Å². The molecule has 0 atom stereocenters. The molecule has 0 unspecified atom stereocenters. The number of nitrogens with one attached hydrogen (secondary N) is 2. The van der Waals surface area contributed by atoms with Crippen LogP contribution in [0.1, 0.15) is 0 Å². The van der Waals surface area contributed by atoms with Crippen molar-refractivity contribution in [3.8, 4) is 0 Å². The van der Waals surface area contributed by atoms with Crippen molar-refractivity contribution in [1.29, 1.82) is 0 Å². The third-order valence-electron chi connectivity index (χ3n) is 1.43. The molecule has 0 saturated heterocycles. The molecule has 2 amide bonds. The van der Waals surface area contributed by atoms with E-state index in [0.29, 0.717) is 10.3 Å². The number of carbonyl (C=O) groups is 2. The second kappa shape index (κ2) is 4.01. The summed E-state index contributed by atoms with van der Waals surface area (Å²) in [5.74, 6) is -0.351. The first kappa shape index (κ1) is 9.53. The average Bonchev–Trinajstić information content (AvgIpc) is 2.72. The summed E-state index contributed by atoms with van der Waals surface area (Å²) in [4.78, 5) is 28.9. The molecule has 2 aliphatic heterocycles. The van der Waals surface area contributed by atoms with Crippen LogP contribution in [0.3, 0.4) is 0 Å². The number of rotatable bonds is 0. The number of carbonyl (C=O) groups excluding carboxylic acids is 2. The van der Waals surface area contributed by atoms with Gasteiger partial charge in [-0.3, -0.25) is 9.59 Å². The van der Waals surface area contributed by atoms with E-state index < -0.39 is 0 Å². The van der Waals surface area contributed by atoms with Crippen LogP contribution < -0.4 is 10.6 Å². The molecule has 74 valence electrons. The smallest absolute Gasteiger partial charge is 0.267 e. The fourth-order valence-electron chi connectivity index (χ4n) is 0.862. The summed E-state index contributed by atoms with van der Waals surface area (Å²) >= 11 is 0. The summed E-state index contributed by atoms with van der Waals surface area (Å²) in [6.45, 7) is 0.503. The van der Waals surface area contributed by atoms with Gasteiger partial charge in [0, 0.05) is 0 Å². The molecule has 8 heteroatoms. The molecule has 0 spiro atoms. The van der Waals surface area contributed by atoms with Gasteiger partial charge >= 0.3 is 0 Å². The van der Waals surface area contributed by atoms with E-state index >= 15 is 0 Å². The largest absolute Gasteiger partial charge is 0.355 e. The Morgan fingerprint density at radius 3 is 1.64 bits per heavy atom. The van der Waals surface area contributed by atoms with Gasteiger partial charge in [0.05, 0.1) is 13.1 Å². The number of amidine groups is 2. The lowest BCUT2D eigenvalue weighted by Crippen LogP contribution is -2.18. The summed E-state index contributed by atoms with van der Waals surface area (Å²) in [5.41, 5.74) is 0. The highest BCUT2D eigenvalue weighted by molar-refractivity contribution is 8.87. The van der Waals surface area contributed by atoms with Crippen molar-refractivity contribution in [1.82, 2.24) is 10.6 Å². The van der Waals surface area contributed by atoms with Crippen LogP contribution in [0.4, 0.5) is 0 Å². The second-order valence-corrected chi connectivity index (χ2v) is 4.60. The Morgan fingerprint density at radius 2 is 1.36 bits per heavy atom. The summed E-state index contributed by atoms with van der Waals surface area (Å²) in [6, 6.07) is 0. The molecule has 0 aliphatic carbocycles. The van der Waals surface area contributed by atoms with E-state index in [1.165, 1.54) is 21.6 Å². The van der Waals surface area contributed by atoms with Gasteiger partial charge in [0.1, 0.15) is 0 Å². The predicted molar refractivity (Wildman–Crippen MR) is 56.1 cm³/mol. The van der Waals surface area contributed by atoms with E-state index in [1.54, 1.807) is 0 Å². The fraction of sp³-hybridized carbons (Fsp3) is 0.333. The number of hydrogen-bond acceptors (Lipinski definition) is 6. The van der Waals surface area contributed by atoms with Crippen molar-refractivity contribution in [3.63, 3.8) is 0 Å². The minimum absolute atomic E-state index is 0.175. The molecule has 2 heterocycles. The molecule has 6 nitrogen and oxygen atoms in total. The summed E-state index contributed by atoms with van der Waals surface area (Å²) in [7, 11) is 2.55. The van der Waals surface area contributed by atoms with E-state index in [-0.39, 0.29) is 24.9 Å². The fourth-order valence-corrected chi connectivity index (χ4v) is 2.61. The Morgan fingerprint density at radius 1 is 0.929 bits per heavy atom. The molecule has 0 bridgehead atoms. The molecular formula is C6H6N4O2S2. The molecular weight excluding hydrogens is 224 g/mol. The number of hydrogen-bond donors (Lipinski definition) is 2. The zero-order valence-corrected chi connectivity index (χ0v) is 8.57.